The van der Waals surface area contributed by atoms with E-state index >= 15 is 0 Å². The summed E-state index contributed by atoms with van der Waals surface area (Å²) in [7, 11) is 0. The fourth-order valence-electron chi connectivity index (χ4n) is 1.92. The van der Waals surface area contributed by atoms with Crippen LogP contribution in [0.2, 0.25) is 0 Å². The van der Waals surface area contributed by atoms with Gasteiger partial charge in [0.15, 0.2) is 5.78 Å². The van der Waals surface area contributed by atoms with E-state index in [0.717, 1.165) is 18.6 Å². The maximum absolute atomic E-state index is 12.3. The van der Waals surface area contributed by atoms with Gasteiger partial charge < -0.3 is 10.5 Å². The first kappa shape index (κ1) is 13.1. The standard InChI is InChI=1S/C15H21NO2/c1-3-15(16,4-2)14(17)11-5-7-12(8-6-11)18-13-9-10-13/h5-8,13H,3-4,9-10,16H2,1-2H3. The van der Waals surface area contributed by atoms with E-state index in [4.69, 9.17) is 10.5 Å². The van der Waals surface area contributed by atoms with E-state index in [-0.39, 0.29) is 5.78 Å². The van der Waals surface area contributed by atoms with Crippen LogP contribution in [0.25, 0.3) is 0 Å². The smallest absolute Gasteiger partial charge is 0.182 e. The monoisotopic (exact) mass is 247 g/mol. The van der Waals surface area contributed by atoms with Gasteiger partial charge in [0.2, 0.25) is 0 Å². The van der Waals surface area contributed by atoms with Crippen molar-refractivity contribution in [1.82, 2.24) is 0 Å². The van der Waals surface area contributed by atoms with Crippen molar-refractivity contribution < 1.29 is 9.53 Å². The summed E-state index contributed by atoms with van der Waals surface area (Å²) in [5, 5.41) is 0. The van der Waals surface area contributed by atoms with Crippen LogP contribution in [0, 0.1) is 0 Å². The largest absolute Gasteiger partial charge is 0.490 e. The van der Waals surface area contributed by atoms with E-state index in [2.05, 4.69) is 0 Å². The minimum atomic E-state index is -0.737. The highest BCUT2D eigenvalue weighted by atomic mass is 16.5. The number of rotatable bonds is 6. The Morgan fingerprint density at radius 2 is 1.83 bits per heavy atom. The third kappa shape index (κ3) is 2.72. The summed E-state index contributed by atoms with van der Waals surface area (Å²) >= 11 is 0. The molecule has 0 atom stereocenters. The van der Waals surface area contributed by atoms with Crippen molar-refractivity contribution in [3.63, 3.8) is 0 Å². The van der Waals surface area contributed by atoms with Crippen LogP contribution in [0.15, 0.2) is 24.3 Å². The molecule has 1 fully saturated rings. The maximum atomic E-state index is 12.3. The SMILES string of the molecule is CCC(N)(CC)C(=O)c1ccc(OC2CC2)cc1. The quantitative estimate of drug-likeness (QED) is 0.786. The van der Waals surface area contributed by atoms with Gasteiger partial charge in [0.25, 0.3) is 0 Å². The predicted molar refractivity (Wildman–Crippen MR) is 71.9 cm³/mol. The number of hydrogen-bond acceptors (Lipinski definition) is 3. The van der Waals surface area contributed by atoms with Crippen LogP contribution >= 0.6 is 0 Å². The number of ether oxygens (including phenoxy) is 1. The summed E-state index contributed by atoms with van der Waals surface area (Å²) in [6, 6.07) is 7.34. The number of ketones is 1. The first-order valence-electron chi connectivity index (χ1n) is 6.69. The number of carbonyl (C=O) groups excluding carboxylic acids is 1. The second-order valence-corrected chi connectivity index (χ2v) is 5.03. The van der Waals surface area contributed by atoms with E-state index < -0.39 is 5.54 Å². The van der Waals surface area contributed by atoms with Crippen LogP contribution in [0.5, 0.6) is 5.75 Å². The zero-order valence-electron chi connectivity index (χ0n) is 11.1. The van der Waals surface area contributed by atoms with Gasteiger partial charge in [-0.25, -0.2) is 0 Å². The van der Waals surface area contributed by atoms with Crippen LogP contribution in [0.4, 0.5) is 0 Å². The highest BCUT2D eigenvalue weighted by Gasteiger charge is 2.30. The van der Waals surface area contributed by atoms with Gasteiger partial charge in [-0.15, -0.1) is 0 Å². The summed E-state index contributed by atoms with van der Waals surface area (Å²) in [4.78, 5) is 12.3. The number of Topliss-reactive ketones (excluding diaryl/α,β-unsaturated/α-hetero) is 1. The highest BCUT2D eigenvalue weighted by molar-refractivity contribution is 6.03. The molecule has 3 nitrogen and oxygen atoms in total. The molecule has 0 saturated heterocycles. The van der Waals surface area contributed by atoms with Crippen molar-refractivity contribution in [3.8, 4) is 5.75 Å². The minimum absolute atomic E-state index is 0.0190. The zero-order valence-corrected chi connectivity index (χ0v) is 11.1. The lowest BCUT2D eigenvalue weighted by Gasteiger charge is -2.24. The molecular formula is C15H21NO2. The number of nitrogens with two attached hydrogens (primary N) is 1. The van der Waals surface area contributed by atoms with Crippen molar-refractivity contribution in [2.24, 2.45) is 5.73 Å². The average molecular weight is 247 g/mol. The van der Waals surface area contributed by atoms with E-state index in [1.165, 1.54) is 0 Å². The Labute approximate surface area is 108 Å². The van der Waals surface area contributed by atoms with Crippen molar-refractivity contribution in [2.45, 2.75) is 51.2 Å². The average Bonchev–Trinajstić information content (AvgIpc) is 3.22. The van der Waals surface area contributed by atoms with Crippen LogP contribution < -0.4 is 10.5 Å². The fraction of sp³-hybridized carbons (Fsp3) is 0.533. The summed E-state index contributed by atoms with van der Waals surface area (Å²) in [5.74, 6) is 0.857. The molecule has 0 aliphatic heterocycles. The molecule has 0 amide bonds. The zero-order chi connectivity index (χ0) is 13.2. The lowest BCUT2D eigenvalue weighted by molar-refractivity contribution is 0.0879. The maximum Gasteiger partial charge on any atom is 0.182 e. The van der Waals surface area contributed by atoms with Crippen LogP contribution in [0.3, 0.4) is 0 Å². The molecule has 1 saturated carbocycles. The minimum Gasteiger partial charge on any atom is -0.490 e. The Morgan fingerprint density at radius 1 is 1.28 bits per heavy atom. The Bertz CT molecular complexity index is 417. The molecule has 0 aromatic heterocycles. The first-order valence-corrected chi connectivity index (χ1v) is 6.69. The lowest BCUT2D eigenvalue weighted by Crippen LogP contribution is -2.46. The molecule has 0 unspecified atom stereocenters. The Hall–Kier alpha value is -1.35. The molecule has 2 N–H and O–H groups in total. The van der Waals surface area contributed by atoms with Crippen LogP contribution in [0.1, 0.15) is 49.9 Å². The van der Waals surface area contributed by atoms with Crippen LogP contribution in [-0.2, 0) is 0 Å². The fourth-order valence-corrected chi connectivity index (χ4v) is 1.92. The molecule has 2 rings (SSSR count). The molecule has 0 radical (unpaired) electrons. The molecule has 0 spiro atoms. The molecule has 98 valence electrons. The van der Waals surface area contributed by atoms with Gasteiger partial charge in [-0.2, -0.15) is 0 Å². The Balaban J connectivity index is 2.10. The molecular weight excluding hydrogens is 226 g/mol. The van der Waals surface area contributed by atoms with Crippen molar-refractivity contribution in [2.75, 3.05) is 0 Å². The van der Waals surface area contributed by atoms with Gasteiger partial charge >= 0.3 is 0 Å². The number of hydrogen-bond donors (Lipinski definition) is 1. The molecule has 0 bridgehead atoms. The van der Waals surface area contributed by atoms with Gasteiger partial charge in [-0.05, 0) is 49.9 Å². The van der Waals surface area contributed by atoms with Gasteiger partial charge in [-0.3, -0.25) is 4.79 Å². The highest BCUT2D eigenvalue weighted by Crippen LogP contribution is 2.27. The van der Waals surface area contributed by atoms with Gasteiger partial charge in [0.1, 0.15) is 5.75 Å². The normalized spacial score (nSPS) is 15.5. The summed E-state index contributed by atoms with van der Waals surface area (Å²) in [6.45, 7) is 3.90. The molecule has 1 aromatic rings. The van der Waals surface area contributed by atoms with Crippen molar-refractivity contribution in [3.05, 3.63) is 29.8 Å². The molecule has 18 heavy (non-hydrogen) atoms. The summed E-state index contributed by atoms with van der Waals surface area (Å²) in [6.07, 6.45) is 3.97. The van der Waals surface area contributed by atoms with Gasteiger partial charge in [0.05, 0.1) is 11.6 Å². The lowest BCUT2D eigenvalue weighted by atomic mass is 9.85. The molecule has 1 aromatic carbocycles. The molecule has 3 heteroatoms. The first-order chi connectivity index (χ1) is 8.59. The van der Waals surface area contributed by atoms with E-state index in [1.54, 1.807) is 0 Å². The predicted octanol–water partition coefficient (Wildman–Crippen LogP) is 2.93. The van der Waals surface area contributed by atoms with Gasteiger partial charge in [0, 0.05) is 5.56 Å². The third-order valence-electron chi connectivity index (χ3n) is 3.66. The van der Waals surface area contributed by atoms with E-state index in [1.807, 2.05) is 38.1 Å². The van der Waals surface area contributed by atoms with E-state index in [0.29, 0.717) is 24.5 Å². The molecule has 1 aliphatic carbocycles. The molecule has 0 heterocycles. The second kappa shape index (κ2) is 5.11. The second-order valence-electron chi connectivity index (χ2n) is 5.03. The van der Waals surface area contributed by atoms with Crippen molar-refractivity contribution in [1.29, 1.82) is 0 Å². The van der Waals surface area contributed by atoms with Gasteiger partial charge in [-0.1, -0.05) is 13.8 Å². The third-order valence-corrected chi connectivity index (χ3v) is 3.66. The van der Waals surface area contributed by atoms with Crippen LogP contribution in [-0.4, -0.2) is 17.4 Å². The Morgan fingerprint density at radius 3 is 2.28 bits per heavy atom. The number of benzene rings is 1. The van der Waals surface area contributed by atoms with E-state index in [9.17, 15) is 4.79 Å². The molecule has 1 aliphatic rings. The number of carbonyl (C=O) groups is 1. The topological polar surface area (TPSA) is 52.3 Å². The summed E-state index contributed by atoms with van der Waals surface area (Å²) in [5.41, 5.74) is 6.05. The Kier molecular flexibility index (Phi) is 3.71. The van der Waals surface area contributed by atoms with Crippen molar-refractivity contribution >= 4 is 5.78 Å². The summed E-state index contributed by atoms with van der Waals surface area (Å²) < 4.78 is 5.66.